The second-order valence-corrected chi connectivity index (χ2v) is 9.07. The number of hydrogen-bond acceptors (Lipinski definition) is 5. The van der Waals surface area contributed by atoms with Gasteiger partial charge in [0.25, 0.3) is 5.91 Å². The molecule has 1 aromatic heterocycles. The molecule has 0 N–H and O–H groups in total. The average Bonchev–Trinajstić information content (AvgIpc) is 2.88. The first kappa shape index (κ1) is 23.2. The third-order valence-corrected chi connectivity index (χ3v) is 6.72. The van der Waals surface area contributed by atoms with Crippen molar-refractivity contribution in [1.29, 1.82) is 0 Å². The van der Waals surface area contributed by atoms with E-state index in [2.05, 4.69) is 9.97 Å². The number of carbonyl (C=O) groups excluding carboxylic acids is 2. The second-order valence-electron chi connectivity index (χ2n) is 9.07. The third kappa shape index (κ3) is 6.76. The highest BCUT2D eigenvalue weighted by molar-refractivity contribution is 5.94. The maximum absolute atomic E-state index is 12.9. The van der Waals surface area contributed by atoms with Crippen LogP contribution in [0.4, 0.5) is 0 Å². The molecule has 0 radical (unpaired) electrons. The Morgan fingerprint density at radius 3 is 2.36 bits per heavy atom. The maximum Gasteiger partial charge on any atom is 0.253 e. The SMILES string of the molecule is O=C(Cc1cnccn1)N1CCN(C(=O)c2ccc(OCCCC3CCCCC3)cc2)CC1. The van der Waals surface area contributed by atoms with Gasteiger partial charge in [-0.3, -0.25) is 19.6 Å². The molecule has 0 atom stereocenters. The molecule has 1 saturated heterocycles. The summed E-state index contributed by atoms with van der Waals surface area (Å²) in [4.78, 5) is 37.1. The van der Waals surface area contributed by atoms with Crippen molar-refractivity contribution in [2.45, 2.75) is 51.4 Å². The van der Waals surface area contributed by atoms with Crippen LogP contribution in [0.2, 0.25) is 0 Å². The van der Waals surface area contributed by atoms with Crippen molar-refractivity contribution >= 4 is 11.8 Å². The fraction of sp³-hybridized carbons (Fsp3) is 0.538. The third-order valence-electron chi connectivity index (χ3n) is 6.72. The van der Waals surface area contributed by atoms with Gasteiger partial charge in [0.15, 0.2) is 0 Å². The number of rotatable bonds is 8. The minimum atomic E-state index is -0.000117. The van der Waals surface area contributed by atoms with Crippen LogP contribution < -0.4 is 4.74 Å². The Morgan fingerprint density at radius 1 is 0.939 bits per heavy atom. The van der Waals surface area contributed by atoms with Crippen LogP contribution in [0.1, 0.15) is 61.0 Å². The summed E-state index contributed by atoms with van der Waals surface area (Å²) >= 11 is 0. The molecule has 0 unspecified atom stereocenters. The molecule has 2 aliphatic rings. The summed E-state index contributed by atoms with van der Waals surface area (Å²) in [5.74, 6) is 1.72. The average molecular weight is 451 g/mol. The highest BCUT2D eigenvalue weighted by atomic mass is 16.5. The Bertz CT molecular complexity index is 890. The zero-order valence-electron chi connectivity index (χ0n) is 19.3. The first-order chi connectivity index (χ1) is 16.2. The number of amides is 2. The minimum absolute atomic E-state index is 0.000117. The number of carbonyl (C=O) groups is 2. The van der Waals surface area contributed by atoms with Crippen LogP contribution in [0.3, 0.4) is 0 Å². The monoisotopic (exact) mass is 450 g/mol. The number of ether oxygens (including phenoxy) is 1. The van der Waals surface area contributed by atoms with Crippen LogP contribution in [0.25, 0.3) is 0 Å². The zero-order valence-corrected chi connectivity index (χ0v) is 19.3. The van der Waals surface area contributed by atoms with Gasteiger partial charge in [-0.1, -0.05) is 32.1 Å². The lowest BCUT2D eigenvalue weighted by molar-refractivity contribution is -0.132. The van der Waals surface area contributed by atoms with Crippen LogP contribution in [0.15, 0.2) is 42.9 Å². The molecule has 1 aliphatic carbocycles. The van der Waals surface area contributed by atoms with Crippen molar-refractivity contribution < 1.29 is 14.3 Å². The van der Waals surface area contributed by atoms with Gasteiger partial charge in [-0.15, -0.1) is 0 Å². The standard InChI is InChI=1S/C26H34N4O3/c31-25(19-23-20-27-12-13-28-23)29-14-16-30(17-15-29)26(32)22-8-10-24(11-9-22)33-18-4-7-21-5-2-1-3-6-21/h8-13,20-21H,1-7,14-19H2. The van der Waals surface area contributed by atoms with E-state index in [1.54, 1.807) is 23.5 Å². The Hall–Kier alpha value is -2.96. The molecule has 176 valence electrons. The summed E-state index contributed by atoms with van der Waals surface area (Å²) in [7, 11) is 0. The quantitative estimate of drug-likeness (QED) is 0.573. The molecule has 1 aliphatic heterocycles. The lowest BCUT2D eigenvalue weighted by Crippen LogP contribution is -2.51. The largest absolute Gasteiger partial charge is 0.494 e. The van der Waals surface area contributed by atoms with Crippen LogP contribution in [0.5, 0.6) is 5.75 Å². The predicted octanol–water partition coefficient (Wildman–Crippen LogP) is 3.74. The van der Waals surface area contributed by atoms with E-state index in [1.165, 1.54) is 38.5 Å². The van der Waals surface area contributed by atoms with Gasteiger partial charge in [0.1, 0.15) is 5.75 Å². The number of aromatic nitrogens is 2. The lowest BCUT2D eigenvalue weighted by atomic mass is 9.86. The normalized spacial score (nSPS) is 17.1. The lowest BCUT2D eigenvalue weighted by Gasteiger charge is -2.34. The molecule has 4 rings (SSSR count). The molecule has 7 heteroatoms. The Kier molecular flexibility index (Phi) is 8.28. The Morgan fingerprint density at radius 2 is 1.67 bits per heavy atom. The van der Waals surface area contributed by atoms with Crippen LogP contribution >= 0.6 is 0 Å². The number of benzene rings is 1. The van der Waals surface area contributed by atoms with Crippen LogP contribution in [0, 0.1) is 5.92 Å². The van der Waals surface area contributed by atoms with Gasteiger partial charge in [0.05, 0.1) is 18.7 Å². The summed E-state index contributed by atoms with van der Waals surface area (Å²) < 4.78 is 5.89. The molecule has 33 heavy (non-hydrogen) atoms. The van der Waals surface area contributed by atoms with Gasteiger partial charge >= 0.3 is 0 Å². The van der Waals surface area contributed by atoms with Gasteiger partial charge in [-0.2, -0.15) is 0 Å². The van der Waals surface area contributed by atoms with Crippen molar-refractivity contribution in [2.75, 3.05) is 32.8 Å². The van der Waals surface area contributed by atoms with E-state index in [-0.39, 0.29) is 18.2 Å². The fourth-order valence-electron chi connectivity index (χ4n) is 4.76. The van der Waals surface area contributed by atoms with E-state index in [0.29, 0.717) is 37.4 Å². The topological polar surface area (TPSA) is 75.6 Å². The van der Waals surface area contributed by atoms with Gasteiger partial charge in [-0.25, -0.2) is 0 Å². The van der Waals surface area contributed by atoms with Crippen molar-refractivity contribution in [3.63, 3.8) is 0 Å². The maximum atomic E-state index is 12.9. The van der Waals surface area contributed by atoms with E-state index in [0.717, 1.165) is 24.7 Å². The minimum Gasteiger partial charge on any atom is -0.494 e. The highest BCUT2D eigenvalue weighted by Crippen LogP contribution is 2.27. The Balaban J connectivity index is 1.18. The highest BCUT2D eigenvalue weighted by Gasteiger charge is 2.25. The second kappa shape index (κ2) is 11.8. The molecular weight excluding hydrogens is 416 g/mol. The van der Waals surface area contributed by atoms with Gasteiger partial charge in [0.2, 0.25) is 5.91 Å². The van der Waals surface area contributed by atoms with Crippen molar-refractivity contribution in [3.8, 4) is 5.75 Å². The molecule has 1 aromatic carbocycles. The summed E-state index contributed by atoms with van der Waals surface area (Å²) in [5, 5.41) is 0. The van der Waals surface area contributed by atoms with Crippen LogP contribution in [-0.4, -0.2) is 64.4 Å². The van der Waals surface area contributed by atoms with Crippen molar-refractivity contribution in [2.24, 2.45) is 5.92 Å². The van der Waals surface area contributed by atoms with E-state index in [9.17, 15) is 9.59 Å². The molecule has 0 bridgehead atoms. The molecule has 2 heterocycles. The molecule has 2 amide bonds. The number of nitrogens with zero attached hydrogens (tertiary/aromatic N) is 4. The summed E-state index contributed by atoms with van der Waals surface area (Å²) in [6.07, 6.45) is 14.3. The molecule has 0 spiro atoms. The predicted molar refractivity (Wildman–Crippen MR) is 126 cm³/mol. The van der Waals surface area contributed by atoms with E-state index >= 15 is 0 Å². The van der Waals surface area contributed by atoms with Crippen molar-refractivity contribution in [1.82, 2.24) is 19.8 Å². The van der Waals surface area contributed by atoms with E-state index < -0.39 is 0 Å². The summed E-state index contributed by atoms with van der Waals surface area (Å²) in [6, 6.07) is 7.44. The molecule has 2 fully saturated rings. The Labute approximate surface area is 196 Å². The van der Waals surface area contributed by atoms with Gasteiger partial charge in [-0.05, 0) is 43.0 Å². The summed E-state index contributed by atoms with van der Waals surface area (Å²) in [6.45, 7) is 2.86. The van der Waals surface area contributed by atoms with Crippen LogP contribution in [-0.2, 0) is 11.2 Å². The first-order valence-electron chi connectivity index (χ1n) is 12.2. The molecule has 1 saturated carbocycles. The zero-order chi connectivity index (χ0) is 22.9. The summed E-state index contributed by atoms with van der Waals surface area (Å²) in [5.41, 5.74) is 1.32. The smallest absolute Gasteiger partial charge is 0.253 e. The van der Waals surface area contributed by atoms with E-state index in [4.69, 9.17) is 4.74 Å². The van der Waals surface area contributed by atoms with Gasteiger partial charge in [0, 0.05) is 50.3 Å². The molecule has 2 aromatic rings. The molecular formula is C26H34N4O3. The van der Waals surface area contributed by atoms with Crippen molar-refractivity contribution in [3.05, 3.63) is 54.1 Å². The van der Waals surface area contributed by atoms with Gasteiger partial charge < -0.3 is 14.5 Å². The fourth-order valence-corrected chi connectivity index (χ4v) is 4.76. The first-order valence-corrected chi connectivity index (χ1v) is 12.2. The number of hydrogen-bond donors (Lipinski definition) is 0. The number of piperazine rings is 1. The molecule has 7 nitrogen and oxygen atoms in total. The van der Waals surface area contributed by atoms with E-state index in [1.807, 2.05) is 29.2 Å².